The van der Waals surface area contributed by atoms with Gasteiger partial charge < -0.3 is 5.32 Å². The molecule has 1 amide bonds. The maximum absolute atomic E-state index is 13.7. The van der Waals surface area contributed by atoms with Crippen molar-refractivity contribution in [2.75, 3.05) is 6.54 Å². The highest BCUT2D eigenvalue weighted by molar-refractivity contribution is 9.10. The van der Waals surface area contributed by atoms with E-state index in [9.17, 15) is 18.0 Å². The Morgan fingerprint density at radius 1 is 1.24 bits per heavy atom. The number of hydrogen-bond acceptors (Lipinski definition) is 3. The minimum absolute atomic E-state index is 0.0498. The molecule has 25 heavy (non-hydrogen) atoms. The van der Waals surface area contributed by atoms with Crippen LogP contribution < -0.4 is 10.6 Å². The highest BCUT2D eigenvalue weighted by Crippen LogP contribution is 2.38. The summed E-state index contributed by atoms with van der Waals surface area (Å²) in [5.41, 5.74) is -1.27. The Morgan fingerprint density at radius 3 is 2.36 bits per heavy atom. The van der Waals surface area contributed by atoms with Gasteiger partial charge in [0.2, 0.25) is 5.91 Å². The van der Waals surface area contributed by atoms with Crippen molar-refractivity contribution >= 4 is 21.8 Å². The summed E-state index contributed by atoms with van der Waals surface area (Å²) in [6.45, 7) is -0.225. The van der Waals surface area contributed by atoms with Gasteiger partial charge in [-0.1, -0.05) is 47.3 Å². The summed E-state index contributed by atoms with van der Waals surface area (Å²) in [7, 11) is 0. The first-order valence-corrected chi connectivity index (χ1v) is 8.83. The van der Waals surface area contributed by atoms with E-state index in [1.54, 1.807) is 18.2 Å². The Bertz CT molecular complexity index is 634. The smallest absolute Gasteiger partial charge is 0.341 e. The number of halogens is 4. The summed E-state index contributed by atoms with van der Waals surface area (Å²) in [6.07, 6.45) is -1.71. The molecule has 136 valence electrons. The summed E-state index contributed by atoms with van der Waals surface area (Å²) >= 11 is 3.21. The van der Waals surface area contributed by atoms with Gasteiger partial charge in [-0.25, -0.2) is 0 Å². The minimum Gasteiger partial charge on any atom is -0.341 e. The summed E-state index contributed by atoms with van der Waals surface area (Å²) in [5.74, 6) is -0.542. The predicted octanol–water partition coefficient (Wildman–Crippen LogP) is 3.98. The number of carbonyl (C=O) groups is 1. The molecular weight excluding hydrogens is 399 g/mol. The SMILES string of the molecule is N#CCNC(=O)C1(NC(c2ccc(Br)cc2)C(F)(F)F)CCCCC1. The van der Waals surface area contributed by atoms with E-state index < -0.39 is 23.7 Å². The van der Waals surface area contributed by atoms with Gasteiger partial charge in [-0.2, -0.15) is 18.4 Å². The summed E-state index contributed by atoms with van der Waals surface area (Å²) in [6, 6.07) is 5.69. The monoisotopic (exact) mass is 417 g/mol. The molecule has 1 atom stereocenters. The first kappa shape index (κ1) is 19.7. The zero-order valence-corrected chi connectivity index (χ0v) is 15.1. The Morgan fingerprint density at radius 2 is 1.84 bits per heavy atom. The number of hydrogen-bond donors (Lipinski definition) is 2. The number of nitrogens with zero attached hydrogens (tertiary/aromatic N) is 1. The molecule has 0 aromatic heterocycles. The molecule has 4 nitrogen and oxygen atoms in total. The van der Waals surface area contributed by atoms with Gasteiger partial charge in [0.15, 0.2) is 0 Å². The van der Waals surface area contributed by atoms with E-state index in [0.717, 1.165) is 6.42 Å². The van der Waals surface area contributed by atoms with Crippen LogP contribution >= 0.6 is 15.9 Å². The van der Waals surface area contributed by atoms with Gasteiger partial charge in [-0.15, -0.1) is 0 Å². The van der Waals surface area contributed by atoms with Crippen LogP contribution in [0.2, 0.25) is 0 Å². The predicted molar refractivity (Wildman–Crippen MR) is 90.5 cm³/mol. The van der Waals surface area contributed by atoms with Crippen molar-refractivity contribution in [3.8, 4) is 6.07 Å². The molecule has 1 aliphatic rings. The van der Waals surface area contributed by atoms with E-state index in [1.165, 1.54) is 12.1 Å². The number of nitrogens with one attached hydrogen (secondary N) is 2. The third-order valence-corrected chi connectivity index (χ3v) is 4.95. The lowest BCUT2D eigenvalue weighted by atomic mass is 9.79. The van der Waals surface area contributed by atoms with Crippen molar-refractivity contribution < 1.29 is 18.0 Å². The lowest BCUT2D eigenvalue weighted by molar-refractivity contribution is -0.166. The van der Waals surface area contributed by atoms with Gasteiger partial charge in [0.1, 0.15) is 12.6 Å². The Kier molecular flexibility index (Phi) is 6.47. The van der Waals surface area contributed by atoms with Crippen LogP contribution in [0.5, 0.6) is 0 Å². The molecule has 0 aliphatic heterocycles. The van der Waals surface area contributed by atoms with Crippen molar-refractivity contribution in [3.05, 3.63) is 34.3 Å². The van der Waals surface area contributed by atoms with Crippen LogP contribution in [0.4, 0.5) is 13.2 Å². The number of carbonyl (C=O) groups excluding carboxylic acids is 1. The molecular formula is C17H19BrF3N3O. The molecule has 1 saturated carbocycles. The first-order chi connectivity index (χ1) is 11.8. The quantitative estimate of drug-likeness (QED) is 0.711. The fourth-order valence-electron chi connectivity index (χ4n) is 3.17. The Balaban J connectivity index is 2.33. The maximum atomic E-state index is 13.7. The second-order valence-corrected chi connectivity index (χ2v) is 7.07. The molecule has 1 aromatic carbocycles. The van der Waals surface area contributed by atoms with E-state index in [-0.39, 0.29) is 12.1 Å². The topological polar surface area (TPSA) is 64.9 Å². The van der Waals surface area contributed by atoms with Gasteiger partial charge >= 0.3 is 6.18 Å². The third-order valence-electron chi connectivity index (χ3n) is 4.42. The van der Waals surface area contributed by atoms with Gasteiger partial charge in [0, 0.05) is 4.47 Å². The second-order valence-electron chi connectivity index (χ2n) is 6.15. The number of amides is 1. The van der Waals surface area contributed by atoms with Crippen LogP contribution in [0.25, 0.3) is 0 Å². The fourth-order valence-corrected chi connectivity index (χ4v) is 3.43. The van der Waals surface area contributed by atoms with Crippen LogP contribution in [0.3, 0.4) is 0 Å². The molecule has 1 aliphatic carbocycles. The number of benzene rings is 1. The van der Waals surface area contributed by atoms with Crippen LogP contribution in [-0.4, -0.2) is 24.2 Å². The van der Waals surface area contributed by atoms with E-state index in [2.05, 4.69) is 26.6 Å². The molecule has 1 aromatic rings. The zero-order chi connectivity index (χ0) is 18.5. The lowest BCUT2D eigenvalue weighted by Gasteiger charge is -2.40. The highest BCUT2D eigenvalue weighted by atomic mass is 79.9. The molecule has 1 fully saturated rings. The van der Waals surface area contributed by atoms with E-state index in [1.807, 2.05) is 0 Å². The van der Waals surface area contributed by atoms with Gasteiger partial charge in [0.05, 0.1) is 11.6 Å². The van der Waals surface area contributed by atoms with E-state index in [4.69, 9.17) is 5.26 Å². The van der Waals surface area contributed by atoms with E-state index in [0.29, 0.717) is 30.2 Å². The van der Waals surface area contributed by atoms with Crippen LogP contribution in [0.15, 0.2) is 28.7 Å². The average Bonchev–Trinajstić information content (AvgIpc) is 2.58. The van der Waals surface area contributed by atoms with Crippen molar-refractivity contribution in [2.45, 2.75) is 49.9 Å². The maximum Gasteiger partial charge on any atom is 0.407 e. The summed E-state index contributed by atoms with van der Waals surface area (Å²) in [5, 5.41) is 13.7. The minimum atomic E-state index is -4.55. The standard InChI is InChI=1S/C17H19BrF3N3O/c18-13-6-4-12(5-7-13)14(17(19,20)21)24-16(8-2-1-3-9-16)15(25)23-11-10-22/h4-7,14,24H,1-3,8-9,11H2,(H,23,25). The molecule has 0 bridgehead atoms. The largest absolute Gasteiger partial charge is 0.407 e. The van der Waals surface area contributed by atoms with Gasteiger partial charge in [-0.3, -0.25) is 10.1 Å². The van der Waals surface area contributed by atoms with Crippen LogP contribution in [0.1, 0.15) is 43.7 Å². The summed E-state index contributed by atoms with van der Waals surface area (Å²) < 4.78 is 41.7. The van der Waals surface area contributed by atoms with Crippen LogP contribution in [-0.2, 0) is 4.79 Å². The molecule has 2 N–H and O–H groups in total. The molecule has 2 rings (SSSR count). The van der Waals surface area contributed by atoms with Crippen molar-refractivity contribution in [2.24, 2.45) is 0 Å². The Labute approximate surface area is 152 Å². The lowest BCUT2D eigenvalue weighted by Crippen LogP contribution is -2.60. The molecule has 8 heteroatoms. The van der Waals surface area contributed by atoms with Crippen molar-refractivity contribution in [3.63, 3.8) is 0 Å². The summed E-state index contributed by atoms with van der Waals surface area (Å²) in [4.78, 5) is 12.5. The number of rotatable bonds is 5. The highest BCUT2D eigenvalue weighted by Gasteiger charge is 2.48. The van der Waals surface area contributed by atoms with Gasteiger partial charge in [-0.05, 0) is 30.5 Å². The molecule has 0 radical (unpaired) electrons. The fraction of sp³-hybridized carbons (Fsp3) is 0.529. The second kappa shape index (κ2) is 8.19. The molecule has 0 heterocycles. The van der Waals surface area contributed by atoms with Crippen molar-refractivity contribution in [1.82, 2.24) is 10.6 Å². The van der Waals surface area contributed by atoms with Crippen molar-refractivity contribution in [1.29, 1.82) is 5.26 Å². The number of nitriles is 1. The molecule has 0 saturated heterocycles. The van der Waals surface area contributed by atoms with E-state index >= 15 is 0 Å². The zero-order valence-electron chi connectivity index (χ0n) is 13.5. The molecule has 0 spiro atoms. The van der Waals surface area contributed by atoms with Crippen LogP contribution in [0, 0.1) is 11.3 Å². The first-order valence-electron chi connectivity index (χ1n) is 8.04. The Hall–Kier alpha value is -1.59. The number of alkyl halides is 3. The average molecular weight is 418 g/mol. The third kappa shape index (κ3) is 4.95. The molecule has 1 unspecified atom stereocenters. The normalized spacial score (nSPS) is 18.2. The van der Waals surface area contributed by atoms with Gasteiger partial charge in [0.25, 0.3) is 0 Å².